The lowest BCUT2D eigenvalue weighted by Crippen LogP contribution is -2.28. The van der Waals surface area contributed by atoms with Gasteiger partial charge in [-0.1, -0.05) is 12.1 Å². The lowest BCUT2D eigenvalue weighted by molar-refractivity contribution is 0.570. The number of hydrogen-bond acceptors (Lipinski definition) is 4. The van der Waals surface area contributed by atoms with Crippen LogP contribution in [0.5, 0.6) is 0 Å². The number of anilines is 1. The molecule has 1 aromatic rings. The summed E-state index contributed by atoms with van der Waals surface area (Å²) >= 11 is 0. The van der Waals surface area contributed by atoms with E-state index in [1.165, 1.54) is 0 Å². The molecule has 1 aromatic carbocycles. The Morgan fingerprint density at radius 3 is 2.50 bits per heavy atom. The number of hydrogen-bond donors (Lipinski definition) is 2. The van der Waals surface area contributed by atoms with Crippen LogP contribution in [0.2, 0.25) is 0 Å². The molecule has 0 aliphatic rings. The number of benzene rings is 1. The van der Waals surface area contributed by atoms with Crippen molar-refractivity contribution in [2.45, 2.75) is 13.0 Å². The standard InChI is InChI=1S/C10H13N3O2S/c1-8(13-16(14,15)7-6-11)9-2-4-10(12)5-3-9/h2-5,8,13H,7,12H2,1H3. The Balaban J connectivity index is 2.77. The average Bonchev–Trinajstić information content (AvgIpc) is 2.17. The van der Waals surface area contributed by atoms with Gasteiger partial charge in [0.25, 0.3) is 0 Å². The van der Waals surface area contributed by atoms with Crippen molar-refractivity contribution < 1.29 is 8.42 Å². The largest absolute Gasteiger partial charge is 0.399 e. The van der Waals surface area contributed by atoms with Crippen LogP contribution in [0, 0.1) is 11.3 Å². The molecule has 0 bridgehead atoms. The molecule has 0 fully saturated rings. The first-order valence-electron chi connectivity index (χ1n) is 4.67. The van der Waals surface area contributed by atoms with Crippen LogP contribution < -0.4 is 10.5 Å². The van der Waals surface area contributed by atoms with Gasteiger partial charge in [-0.15, -0.1) is 0 Å². The molecule has 0 radical (unpaired) electrons. The Morgan fingerprint density at radius 2 is 2.00 bits per heavy atom. The van der Waals surface area contributed by atoms with Gasteiger partial charge in [-0.25, -0.2) is 13.1 Å². The Bertz CT molecular complexity index is 488. The lowest BCUT2D eigenvalue weighted by atomic mass is 10.1. The normalized spacial score (nSPS) is 13.0. The van der Waals surface area contributed by atoms with Crippen LogP contribution in [-0.4, -0.2) is 14.2 Å². The maximum absolute atomic E-state index is 11.3. The van der Waals surface area contributed by atoms with E-state index in [2.05, 4.69) is 4.72 Å². The number of nitrogens with two attached hydrogens (primary N) is 1. The molecule has 0 amide bonds. The molecule has 0 aliphatic heterocycles. The van der Waals surface area contributed by atoms with Crippen molar-refractivity contribution >= 4 is 15.7 Å². The number of nitrogens with zero attached hydrogens (tertiary/aromatic N) is 1. The van der Waals surface area contributed by atoms with E-state index in [9.17, 15) is 8.42 Å². The van der Waals surface area contributed by atoms with Gasteiger partial charge in [0, 0.05) is 11.7 Å². The van der Waals surface area contributed by atoms with Crippen LogP contribution in [0.15, 0.2) is 24.3 Å². The molecule has 5 nitrogen and oxygen atoms in total. The highest BCUT2D eigenvalue weighted by Gasteiger charge is 2.14. The van der Waals surface area contributed by atoms with Gasteiger partial charge in [0.2, 0.25) is 10.0 Å². The van der Waals surface area contributed by atoms with Crippen molar-refractivity contribution in [3.63, 3.8) is 0 Å². The maximum Gasteiger partial charge on any atom is 0.225 e. The molecular formula is C10H13N3O2S. The van der Waals surface area contributed by atoms with Crippen molar-refractivity contribution in [2.24, 2.45) is 0 Å². The minimum absolute atomic E-state index is 0.376. The molecule has 6 heteroatoms. The van der Waals surface area contributed by atoms with Crippen molar-refractivity contribution in [3.05, 3.63) is 29.8 Å². The Kier molecular flexibility index (Phi) is 3.88. The van der Waals surface area contributed by atoms with E-state index in [1.54, 1.807) is 37.3 Å². The van der Waals surface area contributed by atoms with Crippen LogP contribution in [0.3, 0.4) is 0 Å². The van der Waals surface area contributed by atoms with E-state index in [4.69, 9.17) is 11.0 Å². The van der Waals surface area contributed by atoms with Gasteiger partial charge in [-0.3, -0.25) is 0 Å². The smallest absolute Gasteiger partial charge is 0.225 e. The van der Waals surface area contributed by atoms with Crippen molar-refractivity contribution in [1.29, 1.82) is 5.26 Å². The molecule has 0 saturated carbocycles. The van der Waals surface area contributed by atoms with Gasteiger partial charge in [0.15, 0.2) is 5.75 Å². The summed E-state index contributed by atoms with van der Waals surface area (Å²) in [4.78, 5) is 0. The molecular weight excluding hydrogens is 226 g/mol. The van der Waals surface area contributed by atoms with E-state index < -0.39 is 15.8 Å². The summed E-state index contributed by atoms with van der Waals surface area (Å²) in [5.41, 5.74) is 6.94. The summed E-state index contributed by atoms with van der Waals surface area (Å²) < 4.78 is 25.0. The number of nitrogen functional groups attached to an aromatic ring is 1. The second-order valence-electron chi connectivity index (χ2n) is 3.42. The third-order valence-electron chi connectivity index (χ3n) is 2.05. The first-order chi connectivity index (χ1) is 7.44. The molecule has 0 aromatic heterocycles. The minimum atomic E-state index is -3.53. The highest BCUT2D eigenvalue weighted by Crippen LogP contribution is 2.14. The predicted octanol–water partition coefficient (Wildman–Crippen LogP) is 0.773. The van der Waals surface area contributed by atoms with Gasteiger partial charge in [-0.2, -0.15) is 5.26 Å². The summed E-state index contributed by atoms with van der Waals surface area (Å²) in [5, 5.41) is 8.34. The fourth-order valence-electron chi connectivity index (χ4n) is 1.25. The zero-order chi connectivity index (χ0) is 12.2. The van der Waals surface area contributed by atoms with E-state index >= 15 is 0 Å². The molecule has 0 spiro atoms. The number of nitriles is 1. The van der Waals surface area contributed by atoms with E-state index in [0.717, 1.165) is 5.56 Å². The quantitative estimate of drug-likeness (QED) is 0.758. The third kappa shape index (κ3) is 3.53. The van der Waals surface area contributed by atoms with E-state index in [0.29, 0.717) is 5.69 Å². The van der Waals surface area contributed by atoms with E-state index in [-0.39, 0.29) is 6.04 Å². The molecule has 3 N–H and O–H groups in total. The molecule has 1 rings (SSSR count). The van der Waals surface area contributed by atoms with Crippen LogP contribution in [-0.2, 0) is 10.0 Å². The zero-order valence-electron chi connectivity index (χ0n) is 8.84. The Morgan fingerprint density at radius 1 is 1.44 bits per heavy atom. The van der Waals surface area contributed by atoms with Crippen LogP contribution >= 0.6 is 0 Å². The molecule has 86 valence electrons. The first kappa shape index (κ1) is 12.5. The van der Waals surface area contributed by atoms with Crippen LogP contribution in [0.25, 0.3) is 0 Å². The Hall–Kier alpha value is -1.58. The Labute approximate surface area is 94.9 Å². The summed E-state index contributed by atoms with van der Waals surface area (Å²) in [5.74, 6) is -0.535. The number of nitrogens with one attached hydrogen (secondary N) is 1. The second kappa shape index (κ2) is 4.96. The summed E-state index contributed by atoms with van der Waals surface area (Å²) in [6.45, 7) is 1.71. The summed E-state index contributed by atoms with van der Waals surface area (Å²) in [6.07, 6.45) is 0. The summed E-state index contributed by atoms with van der Waals surface area (Å²) in [6, 6.07) is 8.12. The molecule has 0 saturated heterocycles. The number of sulfonamides is 1. The predicted molar refractivity (Wildman–Crippen MR) is 61.8 cm³/mol. The molecule has 16 heavy (non-hydrogen) atoms. The topological polar surface area (TPSA) is 96.0 Å². The highest BCUT2D eigenvalue weighted by atomic mass is 32.2. The van der Waals surface area contributed by atoms with Gasteiger partial charge >= 0.3 is 0 Å². The minimum Gasteiger partial charge on any atom is -0.399 e. The van der Waals surface area contributed by atoms with Crippen LogP contribution in [0.4, 0.5) is 5.69 Å². The van der Waals surface area contributed by atoms with E-state index in [1.807, 2.05) is 0 Å². The van der Waals surface area contributed by atoms with Gasteiger partial charge < -0.3 is 5.73 Å². The van der Waals surface area contributed by atoms with Crippen LogP contribution in [0.1, 0.15) is 18.5 Å². The fraction of sp³-hybridized carbons (Fsp3) is 0.300. The van der Waals surface area contributed by atoms with Crippen molar-refractivity contribution in [1.82, 2.24) is 4.72 Å². The zero-order valence-corrected chi connectivity index (χ0v) is 9.66. The third-order valence-corrected chi connectivity index (χ3v) is 3.27. The molecule has 1 unspecified atom stereocenters. The molecule has 0 heterocycles. The van der Waals surface area contributed by atoms with Gasteiger partial charge in [-0.05, 0) is 24.6 Å². The van der Waals surface area contributed by atoms with Gasteiger partial charge in [0.05, 0.1) is 6.07 Å². The van der Waals surface area contributed by atoms with Crippen molar-refractivity contribution in [3.8, 4) is 6.07 Å². The highest BCUT2D eigenvalue weighted by molar-refractivity contribution is 7.89. The van der Waals surface area contributed by atoms with Crippen molar-refractivity contribution in [2.75, 3.05) is 11.5 Å². The maximum atomic E-state index is 11.3. The SMILES string of the molecule is CC(NS(=O)(=O)CC#N)c1ccc(N)cc1. The first-order valence-corrected chi connectivity index (χ1v) is 6.32. The summed E-state index contributed by atoms with van der Waals surface area (Å²) in [7, 11) is -3.53. The number of rotatable bonds is 4. The molecule has 1 atom stereocenters. The lowest BCUT2D eigenvalue weighted by Gasteiger charge is -2.13. The molecule has 0 aliphatic carbocycles. The monoisotopic (exact) mass is 239 g/mol. The fourth-order valence-corrected chi connectivity index (χ4v) is 2.18. The van der Waals surface area contributed by atoms with Gasteiger partial charge in [0.1, 0.15) is 0 Å². The second-order valence-corrected chi connectivity index (χ2v) is 5.18. The average molecular weight is 239 g/mol.